The van der Waals surface area contributed by atoms with Crippen molar-refractivity contribution < 1.29 is 14.3 Å². The highest BCUT2D eigenvalue weighted by molar-refractivity contribution is 5.94. The summed E-state index contributed by atoms with van der Waals surface area (Å²) in [6.07, 6.45) is 2.98. The Kier molecular flexibility index (Phi) is 5.90. The van der Waals surface area contributed by atoms with Crippen molar-refractivity contribution in [1.29, 1.82) is 0 Å². The molecule has 26 heavy (non-hydrogen) atoms. The number of carbonyl (C=O) groups excluding carboxylic acids is 2. The van der Waals surface area contributed by atoms with Gasteiger partial charge in [-0.3, -0.25) is 9.59 Å². The fraction of sp³-hybridized carbons (Fsp3) is 0.474. The maximum absolute atomic E-state index is 12.4. The third-order valence-corrected chi connectivity index (χ3v) is 4.55. The van der Waals surface area contributed by atoms with Crippen LogP contribution in [0.1, 0.15) is 19.8 Å². The first-order valence-electron chi connectivity index (χ1n) is 9.03. The fourth-order valence-corrected chi connectivity index (χ4v) is 3.06. The van der Waals surface area contributed by atoms with Gasteiger partial charge in [0.2, 0.25) is 11.8 Å². The van der Waals surface area contributed by atoms with Gasteiger partial charge in [-0.2, -0.15) is 0 Å². The molecule has 1 fully saturated rings. The first-order chi connectivity index (χ1) is 12.5. The molecule has 7 nitrogen and oxygen atoms in total. The smallest absolute Gasteiger partial charge is 0.242 e. The number of rotatable bonds is 6. The van der Waals surface area contributed by atoms with Crippen LogP contribution in [0, 0.1) is 0 Å². The highest BCUT2D eigenvalue weighted by atomic mass is 16.5. The molecule has 2 heterocycles. The van der Waals surface area contributed by atoms with Crippen LogP contribution in [-0.2, 0) is 20.9 Å². The van der Waals surface area contributed by atoms with Crippen LogP contribution in [0.15, 0.2) is 30.5 Å². The number of nitrogens with two attached hydrogens (primary N) is 1. The molecule has 1 unspecified atom stereocenters. The molecule has 2 aromatic rings. The van der Waals surface area contributed by atoms with E-state index in [2.05, 4.69) is 5.32 Å². The Hall–Kier alpha value is -2.38. The highest BCUT2D eigenvalue weighted by Gasteiger charge is 2.17. The lowest BCUT2D eigenvalue weighted by atomic mass is 10.2. The molecule has 7 heteroatoms. The van der Waals surface area contributed by atoms with E-state index >= 15 is 0 Å². The zero-order valence-electron chi connectivity index (χ0n) is 15.1. The second kappa shape index (κ2) is 8.33. The first kappa shape index (κ1) is 18.4. The molecule has 1 aromatic carbocycles. The lowest BCUT2D eigenvalue weighted by molar-refractivity contribution is -0.135. The SMILES string of the molecule is CC(N)CCC(=O)Nc1ccc2c(ccn2CC(=O)N2CCOCC2)c1. The summed E-state index contributed by atoms with van der Waals surface area (Å²) < 4.78 is 7.23. The maximum atomic E-state index is 12.4. The number of benzene rings is 1. The largest absolute Gasteiger partial charge is 0.378 e. The molecule has 0 spiro atoms. The molecular formula is C19H26N4O3. The van der Waals surface area contributed by atoms with Crippen molar-refractivity contribution in [2.24, 2.45) is 5.73 Å². The highest BCUT2D eigenvalue weighted by Crippen LogP contribution is 2.21. The third kappa shape index (κ3) is 4.62. The van der Waals surface area contributed by atoms with Crippen LogP contribution in [0.5, 0.6) is 0 Å². The molecule has 1 saturated heterocycles. The van der Waals surface area contributed by atoms with Crippen molar-refractivity contribution in [2.75, 3.05) is 31.6 Å². The van der Waals surface area contributed by atoms with E-state index in [-0.39, 0.29) is 17.9 Å². The Labute approximate surface area is 153 Å². The average molecular weight is 358 g/mol. The number of fused-ring (bicyclic) bond motifs is 1. The van der Waals surface area contributed by atoms with Gasteiger partial charge < -0.3 is 25.3 Å². The monoisotopic (exact) mass is 358 g/mol. The van der Waals surface area contributed by atoms with Gasteiger partial charge >= 0.3 is 0 Å². The van der Waals surface area contributed by atoms with E-state index in [9.17, 15) is 9.59 Å². The molecule has 0 radical (unpaired) electrons. The number of nitrogens with one attached hydrogen (secondary N) is 1. The van der Waals surface area contributed by atoms with E-state index in [4.69, 9.17) is 10.5 Å². The standard InChI is InChI=1S/C19H26N4O3/c1-14(20)2-5-18(24)21-16-3-4-17-15(12-16)6-7-23(17)13-19(25)22-8-10-26-11-9-22/h3-4,6-7,12,14H,2,5,8-11,13,20H2,1H3,(H,21,24). The van der Waals surface area contributed by atoms with Crippen LogP contribution >= 0.6 is 0 Å². The molecule has 1 aliphatic rings. The van der Waals surface area contributed by atoms with Crippen molar-refractivity contribution in [3.05, 3.63) is 30.5 Å². The van der Waals surface area contributed by atoms with Crippen LogP contribution in [-0.4, -0.2) is 53.6 Å². The van der Waals surface area contributed by atoms with Gasteiger partial charge in [0.05, 0.1) is 13.2 Å². The van der Waals surface area contributed by atoms with E-state index in [1.807, 2.05) is 46.9 Å². The van der Waals surface area contributed by atoms with Gasteiger partial charge in [0.25, 0.3) is 0 Å². The fourth-order valence-electron chi connectivity index (χ4n) is 3.06. The number of anilines is 1. The minimum atomic E-state index is -0.0384. The number of hydrogen-bond donors (Lipinski definition) is 2. The van der Waals surface area contributed by atoms with Crippen LogP contribution < -0.4 is 11.1 Å². The molecular weight excluding hydrogens is 332 g/mol. The Balaban J connectivity index is 1.65. The summed E-state index contributed by atoms with van der Waals surface area (Å²) in [4.78, 5) is 26.2. The Bertz CT molecular complexity index is 778. The minimum Gasteiger partial charge on any atom is -0.378 e. The molecule has 140 valence electrons. The van der Waals surface area contributed by atoms with Crippen LogP contribution in [0.3, 0.4) is 0 Å². The summed E-state index contributed by atoms with van der Waals surface area (Å²) in [7, 11) is 0. The van der Waals surface area contributed by atoms with E-state index in [1.54, 1.807) is 0 Å². The zero-order chi connectivity index (χ0) is 18.5. The molecule has 1 aromatic heterocycles. The number of carbonyl (C=O) groups is 2. The number of ether oxygens (including phenoxy) is 1. The summed E-state index contributed by atoms with van der Waals surface area (Å²) in [5, 5.41) is 3.89. The molecule has 0 aliphatic carbocycles. The molecule has 1 atom stereocenters. The van der Waals surface area contributed by atoms with Crippen LogP contribution in [0.25, 0.3) is 10.9 Å². The molecule has 3 N–H and O–H groups in total. The topological polar surface area (TPSA) is 89.6 Å². The number of aromatic nitrogens is 1. The van der Waals surface area contributed by atoms with Gasteiger partial charge in [0.15, 0.2) is 0 Å². The van der Waals surface area contributed by atoms with Crippen molar-refractivity contribution in [3.63, 3.8) is 0 Å². The number of nitrogens with zero attached hydrogens (tertiary/aromatic N) is 2. The Morgan fingerprint density at radius 2 is 2.04 bits per heavy atom. The Morgan fingerprint density at radius 3 is 2.77 bits per heavy atom. The van der Waals surface area contributed by atoms with Crippen molar-refractivity contribution >= 4 is 28.4 Å². The van der Waals surface area contributed by atoms with Gasteiger partial charge in [0, 0.05) is 48.3 Å². The number of amides is 2. The molecule has 0 saturated carbocycles. The second-order valence-corrected chi connectivity index (χ2v) is 6.77. The second-order valence-electron chi connectivity index (χ2n) is 6.77. The zero-order valence-corrected chi connectivity index (χ0v) is 15.1. The summed E-state index contributed by atoms with van der Waals surface area (Å²) in [5.74, 6) is 0.0580. The van der Waals surface area contributed by atoms with Crippen molar-refractivity contribution in [2.45, 2.75) is 32.4 Å². The molecule has 2 amide bonds. The number of morpholine rings is 1. The molecule has 0 bridgehead atoms. The maximum Gasteiger partial charge on any atom is 0.242 e. The van der Waals surface area contributed by atoms with Gasteiger partial charge in [-0.05, 0) is 37.6 Å². The molecule has 3 rings (SSSR count). The predicted molar refractivity (Wildman–Crippen MR) is 101 cm³/mol. The van der Waals surface area contributed by atoms with Gasteiger partial charge in [0.1, 0.15) is 6.54 Å². The van der Waals surface area contributed by atoms with Crippen LogP contribution in [0.4, 0.5) is 5.69 Å². The molecule has 1 aliphatic heterocycles. The lowest BCUT2D eigenvalue weighted by Gasteiger charge is -2.27. The van der Waals surface area contributed by atoms with E-state index < -0.39 is 0 Å². The summed E-state index contributed by atoms with van der Waals surface area (Å²) in [6.45, 7) is 4.70. The van der Waals surface area contributed by atoms with E-state index in [1.165, 1.54) is 0 Å². The average Bonchev–Trinajstić information content (AvgIpc) is 3.03. The normalized spacial score (nSPS) is 15.8. The summed E-state index contributed by atoms with van der Waals surface area (Å²) >= 11 is 0. The first-order valence-corrected chi connectivity index (χ1v) is 9.03. The number of hydrogen-bond acceptors (Lipinski definition) is 4. The van der Waals surface area contributed by atoms with Gasteiger partial charge in [-0.15, -0.1) is 0 Å². The van der Waals surface area contributed by atoms with Crippen molar-refractivity contribution in [1.82, 2.24) is 9.47 Å². The van der Waals surface area contributed by atoms with E-state index in [0.717, 1.165) is 16.6 Å². The van der Waals surface area contributed by atoms with E-state index in [0.29, 0.717) is 45.7 Å². The van der Waals surface area contributed by atoms with Crippen molar-refractivity contribution in [3.8, 4) is 0 Å². The minimum absolute atomic E-state index is 0.0151. The third-order valence-electron chi connectivity index (χ3n) is 4.55. The summed E-state index contributed by atoms with van der Waals surface area (Å²) in [5.41, 5.74) is 7.41. The van der Waals surface area contributed by atoms with Gasteiger partial charge in [-0.1, -0.05) is 0 Å². The van der Waals surface area contributed by atoms with Crippen LogP contribution in [0.2, 0.25) is 0 Å². The lowest BCUT2D eigenvalue weighted by Crippen LogP contribution is -2.42. The quantitative estimate of drug-likeness (QED) is 0.820. The predicted octanol–water partition coefficient (Wildman–Crippen LogP) is 1.57. The van der Waals surface area contributed by atoms with Gasteiger partial charge in [-0.25, -0.2) is 0 Å². The Morgan fingerprint density at radius 1 is 1.27 bits per heavy atom. The summed E-state index contributed by atoms with van der Waals surface area (Å²) in [6, 6.07) is 7.69.